The molecule has 0 aliphatic heterocycles. The summed E-state index contributed by atoms with van der Waals surface area (Å²) in [6.45, 7) is 2.40. The number of benzene rings is 1. The summed E-state index contributed by atoms with van der Waals surface area (Å²) in [5.41, 5.74) is 6.97. The number of hydrogen-bond donors (Lipinski definition) is 1. The molecule has 0 bridgehead atoms. The molecule has 106 valence electrons. The van der Waals surface area contributed by atoms with E-state index in [1.165, 1.54) is 17.1 Å². The van der Waals surface area contributed by atoms with Crippen LogP contribution in [0.4, 0.5) is 5.69 Å². The third kappa shape index (κ3) is 3.09. The Bertz CT molecular complexity index is 549. The third-order valence-corrected chi connectivity index (χ3v) is 5.86. The van der Waals surface area contributed by atoms with E-state index in [1.807, 2.05) is 0 Å². The molecule has 19 heavy (non-hydrogen) atoms. The summed E-state index contributed by atoms with van der Waals surface area (Å²) in [4.78, 5) is 0.363. The van der Waals surface area contributed by atoms with E-state index in [0.29, 0.717) is 28.6 Å². The zero-order chi connectivity index (χ0) is 14.0. The molecular weight excluding hydrogens is 260 g/mol. The first-order valence-electron chi connectivity index (χ1n) is 6.73. The molecule has 1 aliphatic rings. The second-order valence-electron chi connectivity index (χ2n) is 5.46. The summed E-state index contributed by atoms with van der Waals surface area (Å²) in [7, 11) is -1.73. The van der Waals surface area contributed by atoms with E-state index >= 15 is 0 Å². The fraction of sp³-hybridized carbons (Fsp3) is 0.571. The van der Waals surface area contributed by atoms with Crippen molar-refractivity contribution in [2.75, 3.05) is 19.3 Å². The lowest BCUT2D eigenvalue weighted by atomic mass is 10.1. The highest BCUT2D eigenvalue weighted by Crippen LogP contribution is 2.28. The summed E-state index contributed by atoms with van der Waals surface area (Å²) in [6.07, 6.45) is 4.72. The van der Waals surface area contributed by atoms with Crippen LogP contribution in [0, 0.1) is 12.8 Å². The minimum atomic E-state index is -3.40. The van der Waals surface area contributed by atoms with E-state index in [4.69, 9.17) is 5.73 Å². The molecule has 1 aliphatic carbocycles. The average Bonchev–Trinajstić information content (AvgIpc) is 2.81. The zero-order valence-electron chi connectivity index (χ0n) is 11.6. The van der Waals surface area contributed by atoms with Crippen LogP contribution in [0.5, 0.6) is 0 Å². The molecule has 0 aromatic heterocycles. The first kappa shape index (κ1) is 14.3. The summed E-state index contributed by atoms with van der Waals surface area (Å²) in [5.74, 6) is 0.508. The van der Waals surface area contributed by atoms with E-state index in [0.717, 1.165) is 12.8 Å². The lowest BCUT2D eigenvalue weighted by Gasteiger charge is -2.21. The second-order valence-corrected chi connectivity index (χ2v) is 7.47. The van der Waals surface area contributed by atoms with Crippen molar-refractivity contribution < 1.29 is 8.42 Å². The molecular formula is C14H22N2O2S. The van der Waals surface area contributed by atoms with Crippen LogP contribution in [-0.2, 0) is 10.0 Å². The summed E-state index contributed by atoms with van der Waals surface area (Å²) in [5, 5.41) is 0. The standard InChI is InChI=1S/C14H22N2O2S/c1-11-9-13(15)7-8-14(11)19(17,18)16(2)10-12-5-3-4-6-12/h7-9,12H,3-6,10,15H2,1-2H3. The normalized spacial score (nSPS) is 17.2. The molecule has 0 saturated heterocycles. The van der Waals surface area contributed by atoms with Gasteiger partial charge in [-0.1, -0.05) is 12.8 Å². The van der Waals surface area contributed by atoms with Crippen molar-refractivity contribution in [3.63, 3.8) is 0 Å². The van der Waals surface area contributed by atoms with Gasteiger partial charge >= 0.3 is 0 Å². The highest BCUT2D eigenvalue weighted by atomic mass is 32.2. The lowest BCUT2D eigenvalue weighted by Crippen LogP contribution is -2.31. The Morgan fingerprint density at radius 3 is 2.53 bits per heavy atom. The first-order valence-corrected chi connectivity index (χ1v) is 8.17. The van der Waals surface area contributed by atoms with Gasteiger partial charge in [-0.3, -0.25) is 0 Å². The van der Waals surface area contributed by atoms with Crippen molar-refractivity contribution in [2.24, 2.45) is 5.92 Å². The number of nitrogens with zero attached hydrogens (tertiary/aromatic N) is 1. The van der Waals surface area contributed by atoms with Crippen molar-refractivity contribution in [1.82, 2.24) is 4.31 Å². The fourth-order valence-corrected chi connectivity index (χ4v) is 4.23. The highest BCUT2D eigenvalue weighted by Gasteiger charge is 2.26. The minimum Gasteiger partial charge on any atom is -0.399 e. The van der Waals surface area contributed by atoms with Crippen molar-refractivity contribution >= 4 is 15.7 Å². The summed E-state index contributed by atoms with van der Waals surface area (Å²) >= 11 is 0. The number of aryl methyl sites for hydroxylation is 1. The molecule has 0 amide bonds. The van der Waals surface area contributed by atoms with Crippen molar-refractivity contribution in [3.05, 3.63) is 23.8 Å². The van der Waals surface area contributed by atoms with Crippen LogP contribution in [0.2, 0.25) is 0 Å². The maximum absolute atomic E-state index is 12.5. The Labute approximate surface area is 115 Å². The summed E-state index contributed by atoms with van der Waals surface area (Å²) < 4.78 is 26.6. The van der Waals surface area contributed by atoms with E-state index in [9.17, 15) is 8.42 Å². The molecule has 2 rings (SSSR count). The number of sulfonamides is 1. The topological polar surface area (TPSA) is 63.4 Å². The molecule has 1 saturated carbocycles. The average molecular weight is 282 g/mol. The maximum atomic E-state index is 12.5. The van der Waals surface area contributed by atoms with E-state index in [-0.39, 0.29) is 0 Å². The van der Waals surface area contributed by atoms with Crippen LogP contribution >= 0.6 is 0 Å². The molecule has 5 heteroatoms. The van der Waals surface area contributed by atoms with Gasteiger partial charge in [0, 0.05) is 19.3 Å². The fourth-order valence-electron chi connectivity index (χ4n) is 2.78. The molecule has 2 N–H and O–H groups in total. The number of hydrogen-bond acceptors (Lipinski definition) is 3. The molecule has 1 aromatic rings. The van der Waals surface area contributed by atoms with Gasteiger partial charge < -0.3 is 5.73 Å². The monoisotopic (exact) mass is 282 g/mol. The van der Waals surface area contributed by atoms with Crippen molar-refractivity contribution in [3.8, 4) is 0 Å². The second kappa shape index (κ2) is 5.51. The van der Waals surface area contributed by atoms with Gasteiger partial charge in [0.1, 0.15) is 0 Å². The Morgan fingerprint density at radius 2 is 1.95 bits per heavy atom. The molecule has 0 radical (unpaired) electrons. The van der Waals surface area contributed by atoms with E-state index in [1.54, 1.807) is 32.2 Å². The summed E-state index contributed by atoms with van der Waals surface area (Å²) in [6, 6.07) is 4.95. The first-order chi connectivity index (χ1) is 8.91. The Hall–Kier alpha value is -1.07. The molecule has 1 fully saturated rings. The highest BCUT2D eigenvalue weighted by molar-refractivity contribution is 7.89. The van der Waals surface area contributed by atoms with Crippen LogP contribution < -0.4 is 5.73 Å². The lowest BCUT2D eigenvalue weighted by molar-refractivity contribution is 0.387. The van der Waals surface area contributed by atoms with Crippen molar-refractivity contribution in [1.29, 1.82) is 0 Å². The SMILES string of the molecule is Cc1cc(N)ccc1S(=O)(=O)N(C)CC1CCCC1. The molecule has 4 nitrogen and oxygen atoms in total. The Balaban J connectivity index is 2.20. The van der Waals surface area contributed by atoms with Crippen LogP contribution in [0.3, 0.4) is 0 Å². The Morgan fingerprint density at radius 1 is 1.32 bits per heavy atom. The predicted molar refractivity (Wildman–Crippen MR) is 77.4 cm³/mol. The van der Waals surface area contributed by atoms with Gasteiger partial charge in [-0.2, -0.15) is 0 Å². The van der Waals surface area contributed by atoms with E-state index < -0.39 is 10.0 Å². The van der Waals surface area contributed by atoms with Crippen LogP contribution in [0.15, 0.2) is 23.1 Å². The van der Waals surface area contributed by atoms with Gasteiger partial charge in [-0.15, -0.1) is 0 Å². The smallest absolute Gasteiger partial charge is 0.243 e. The molecule has 1 aromatic carbocycles. The number of anilines is 1. The largest absolute Gasteiger partial charge is 0.399 e. The molecule has 0 atom stereocenters. The van der Waals surface area contributed by atoms with Gasteiger partial charge in [0.2, 0.25) is 10.0 Å². The van der Waals surface area contributed by atoms with Gasteiger partial charge in [-0.05, 0) is 49.4 Å². The van der Waals surface area contributed by atoms with Gasteiger partial charge in [0.05, 0.1) is 4.90 Å². The number of nitrogen functional groups attached to an aromatic ring is 1. The van der Waals surface area contributed by atoms with Gasteiger partial charge in [0.15, 0.2) is 0 Å². The van der Waals surface area contributed by atoms with Gasteiger partial charge in [-0.25, -0.2) is 12.7 Å². The Kier molecular flexibility index (Phi) is 4.16. The van der Waals surface area contributed by atoms with Crippen LogP contribution in [0.1, 0.15) is 31.2 Å². The quantitative estimate of drug-likeness (QED) is 0.862. The molecule has 0 unspecified atom stereocenters. The molecule has 0 heterocycles. The minimum absolute atomic E-state index is 0.363. The maximum Gasteiger partial charge on any atom is 0.243 e. The van der Waals surface area contributed by atoms with Crippen molar-refractivity contribution in [2.45, 2.75) is 37.5 Å². The van der Waals surface area contributed by atoms with Gasteiger partial charge in [0.25, 0.3) is 0 Å². The zero-order valence-corrected chi connectivity index (χ0v) is 12.4. The predicted octanol–water partition coefficient (Wildman–Crippen LogP) is 2.39. The van der Waals surface area contributed by atoms with Crippen LogP contribution in [-0.4, -0.2) is 26.3 Å². The number of rotatable bonds is 4. The van der Waals surface area contributed by atoms with Crippen LogP contribution in [0.25, 0.3) is 0 Å². The number of nitrogens with two attached hydrogens (primary N) is 1. The van der Waals surface area contributed by atoms with E-state index in [2.05, 4.69) is 0 Å². The third-order valence-electron chi connectivity index (χ3n) is 3.88. The molecule has 0 spiro atoms.